The van der Waals surface area contributed by atoms with Crippen LogP contribution < -0.4 is 85.0 Å². The molecule has 2 fully saturated rings. The summed E-state index contributed by atoms with van der Waals surface area (Å²) in [6.07, 6.45) is 1.29. The molecule has 2 aromatic rings. The first kappa shape index (κ1) is 32.7. The predicted molar refractivity (Wildman–Crippen MR) is 129 cm³/mol. The van der Waals surface area contributed by atoms with Crippen LogP contribution in [0.15, 0.2) is 34.4 Å². The van der Waals surface area contributed by atoms with E-state index in [9.17, 15) is 34.5 Å². The number of nitrogens with zero attached hydrogens (tertiary/aromatic N) is 3. The molecular formula is C26H27FN4Na2O7. The van der Waals surface area contributed by atoms with Crippen molar-refractivity contribution >= 4 is 34.4 Å². The maximum atomic E-state index is 15.1. The summed E-state index contributed by atoms with van der Waals surface area (Å²) >= 11 is 0. The van der Waals surface area contributed by atoms with E-state index in [1.807, 2.05) is 4.90 Å². The molecule has 202 valence electrons. The van der Waals surface area contributed by atoms with Gasteiger partial charge in [-0.05, 0) is 44.4 Å². The summed E-state index contributed by atoms with van der Waals surface area (Å²) in [5.74, 6) is -4.76. The van der Waals surface area contributed by atoms with Crippen molar-refractivity contribution < 1.29 is 93.2 Å². The van der Waals surface area contributed by atoms with Gasteiger partial charge in [-0.15, -0.1) is 0 Å². The van der Waals surface area contributed by atoms with Crippen molar-refractivity contribution in [3.63, 3.8) is 0 Å². The van der Waals surface area contributed by atoms with Crippen molar-refractivity contribution in [3.8, 4) is 0 Å². The van der Waals surface area contributed by atoms with Gasteiger partial charge in [0, 0.05) is 43.8 Å². The van der Waals surface area contributed by atoms with E-state index in [4.69, 9.17) is 0 Å². The number of carbonyl (C=O) groups excluding carboxylic acids is 3. The van der Waals surface area contributed by atoms with Gasteiger partial charge < -0.3 is 44.6 Å². The Kier molecular flexibility index (Phi) is 10.3. The Hall–Kier alpha value is -1.77. The van der Waals surface area contributed by atoms with E-state index in [-0.39, 0.29) is 88.5 Å². The topological polar surface area (TPSA) is 158 Å². The number of aliphatic hydroxyl groups excluding tert-OH is 1. The van der Waals surface area contributed by atoms with E-state index in [2.05, 4.69) is 5.32 Å². The number of carboxylic acids is 2. The number of anilines is 1. The van der Waals surface area contributed by atoms with E-state index in [0.29, 0.717) is 43.6 Å². The number of aryl methyl sites for hydroxylation is 1. The van der Waals surface area contributed by atoms with Crippen molar-refractivity contribution in [2.75, 3.05) is 24.5 Å². The molecule has 1 aromatic heterocycles. The maximum Gasteiger partial charge on any atom is 1.00 e. The molecule has 0 radical (unpaired) electrons. The molecule has 1 amide bonds. The van der Waals surface area contributed by atoms with Gasteiger partial charge in [-0.1, -0.05) is 0 Å². The molecule has 0 spiro atoms. The van der Waals surface area contributed by atoms with Crippen LogP contribution in [0.25, 0.3) is 10.9 Å². The second-order valence-electron chi connectivity index (χ2n) is 10.1. The SMILES string of the molecule is CCn1cc(C(=O)[O-])c(=O)c2cc(F)c(N3CCC(NCC4=C(C(=O)[O-])N5C(=O)[C@H]([C@H](C)O)[C@@H]5C4)C3)cc21.[Na+].[Na+]. The Balaban J connectivity index is 0.00000220. The van der Waals surface area contributed by atoms with Crippen molar-refractivity contribution in [2.24, 2.45) is 5.92 Å². The molecule has 0 bridgehead atoms. The number of hydrogen-bond donors (Lipinski definition) is 2. The standard InChI is InChI=1S/C26H29FN4O7.2Na/c1-3-29-11-16(25(35)36)23(33)15-7-17(27)19(8-18(15)29)30-5-4-14(10-30)28-9-13-6-20-21(12(2)32)24(34)31(20)22(13)26(37)38;;/h7-8,11-12,14,20-21,28,32H,3-6,9-10H2,1-2H3,(H,35,36)(H,37,38);;/q;2*+1/p-2/t12-,14?,20-,21+;;/m0../s1. The molecule has 2 saturated heterocycles. The number of aromatic carboxylic acids is 1. The first-order chi connectivity index (χ1) is 18.0. The Morgan fingerprint density at radius 3 is 2.50 bits per heavy atom. The van der Waals surface area contributed by atoms with E-state index in [0.717, 1.165) is 6.07 Å². The van der Waals surface area contributed by atoms with Crippen LogP contribution in [-0.2, 0) is 16.1 Å². The predicted octanol–water partition coefficient (Wildman–Crippen LogP) is -7.68. The zero-order valence-electron chi connectivity index (χ0n) is 22.9. The molecular weight excluding hydrogens is 545 g/mol. The number of nitrogens with one attached hydrogen (secondary N) is 1. The van der Waals surface area contributed by atoms with E-state index in [1.54, 1.807) is 11.5 Å². The van der Waals surface area contributed by atoms with Gasteiger partial charge in [0.15, 0.2) is 5.43 Å². The Labute approximate surface area is 273 Å². The maximum absolute atomic E-state index is 15.1. The summed E-state index contributed by atoms with van der Waals surface area (Å²) in [7, 11) is 0. The number of benzene rings is 1. The summed E-state index contributed by atoms with van der Waals surface area (Å²) in [5.41, 5.74) is -0.265. The number of aliphatic hydroxyl groups is 1. The van der Waals surface area contributed by atoms with Crippen LogP contribution in [-0.4, -0.2) is 70.2 Å². The fourth-order valence-electron chi connectivity index (χ4n) is 5.97. The number of rotatable bonds is 8. The Morgan fingerprint density at radius 1 is 1.20 bits per heavy atom. The van der Waals surface area contributed by atoms with Gasteiger partial charge >= 0.3 is 59.1 Å². The number of carboxylic acid groups (broad SMARTS) is 2. The minimum Gasteiger partial charge on any atom is -0.545 e. The van der Waals surface area contributed by atoms with Crippen molar-refractivity contribution in [1.82, 2.24) is 14.8 Å². The van der Waals surface area contributed by atoms with E-state index < -0.39 is 52.7 Å². The number of fused-ring (bicyclic) bond motifs is 2. The number of halogens is 1. The average molecular weight is 573 g/mol. The van der Waals surface area contributed by atoms with Gasteiger partial charge in [0.1, 0.15) is 5.82 Å². The molecule has 40 heavy (non-hydrogen) atoms. The third kappa shape index (κ3) is 5.52. The summed E-state index contributed by atoms with van der Waals surface area (Å²) in [6.45, 7) is 4.76. The van der Waals surface area contributed by atoms with Crippen molar-refractivity contribution in [3.05, 3.63) is 51.2 Å². The number of carbonyl (C=O) groups is 3. The van der Waals surface area contributed by atoms with Crippen LogP contribution in [0.2, 0.25) is 0 Å². The van der Waals surface area contributed by atoms with Crippen molar-refractivity contribution in [1.29, 1.82) is 0 Å². The van der Waals surface area contributed by atoms with Gasteiger partial charge in [0.05, 0.1) is 52.5 Å². The first-order valence-corrected chi connectivity index (χ1v) is 12.5. The summed E-state index contributed by atoms with van der Waals surface area (Å²) < 4.78 is 16.7. The van der Waals surface area contributed by atoms with Crippen LogP contribution in [0, 0.1) is 11.7 Å². The van der Waals surface area contributed by atoms with Gasteiger partial charge in [-0.3, -0.25) is 9.59 Å². The third-order valence-electron chi connectivity index (χ3n) is 7.86. The molecule has 14 heteroatoms. The molecule has 3 aliphatic rings. The molecule has 4 atom stereocenters. The fraction of sp³-hybridized carbons (Fsp3) is 0.462. The van der Waals surface area contributed by atoms with Gasteiger partial charge in [-0.25, -0.2) is 4.39 Å². The minimum atomic E-state index is -1.62. The molecule has 1 unspecified atom stereocenters. The number of aliphatic carboxylic acids is 1. The number of pyridine rings is 1. The van der Waals surface area contributed by atoms with E-state index >= 15 is 4.39 Å². The van der Waals surface area contributed by atoms with Crippen LogP contribution in [0.4, 0.5) is 10.1 Å². The second kappa shape index (κ2) is 12.6. The second-order valence-corrected chi connectivity index (χ2v) is 10.1. The fourth-order valence-corrected chi connectivity index (χ4v) is 5.97. The quantitative estimate of drug-likeness (QED) is 0.232. The van der Waals surface area contributed by atoms with Crippen LogP contribution >= 0.6 is 0 Å². The molecule has 11 nitrogen and oxygen atoms in total. The third-order valence-corrected chi connectivity index (χ3v) is 7.86. The minimum absolute atomic E-state index is 0. The molecule has 0 aliphatic carbocycles. The molecule has 5 rings (SSSR count). The number of β-lactam (4-membered cyclic amide) rings is 1. The van der Waals surface area contributed by atoms with Crippen LogP contribution in [0.3, 0.4) is 0 Å². The van der Waals surface area contributed by atoms with Gasteiger partial charge in [-0.2, -0.15) is 0 Å². The van der Waals surface area contributed by atoms with E-state index in [1.165, 1.54) is 24.1 Å². The smallest absolute Gasteiger partial charge is 0.545 e. The molecule has 2 N–H and O–H groups in total. The van der Waals surface area contributed by atoms with Crippen LogP contribution in [0.5, 0.6) is 0 Å². The summed E-state index contributed by atoms with van der Waals surface area (Å²) in [5, 5.41) is 36.3. The number of hydrogen-bond acceptors (Lipinski definition) is 9. The van der Waals surface area contributed by atoms with Gasteiger partial charge in [0.2, 0.25) is 5.91 Å². The molecule has 1 aromatic carbocycles. The Morgan fingerprint density at radius 2 is 1.90 bits per heavy atom. The van der Waals surface area contributed by atoms with Crippen molar-refractivity contribution in [2.45, 2.75) is 51.4 Å². The zero-order chi connectivity index (χ0) is 27.5. The molecule has 3 aliphatic heterocycles. The Bertz CT molecular complexity index is 1460. The number of amides is 1. The monoisotopic (exact) mass is 572 g/mol. The van der Waals surface area contributed by atoms with Crippen LogP contribution in [0.1, 0.15) is 37.0 Å². The summed E-state index contributed by atoms with van der Waals surface area (Å²) in [4.78, 5) is 51.1. The molecule has 0 saturated carbocycles. The zero-order valence-corrected chi connectivity index (χ0v) is 26.9. The molecule has 4 heterocycles. The summed E-state index contributed by atoms with van der Waals surface area (Å²) in [6, 6.07) is 2.09. The van der Waals surface area contributed by atoms with Gasteiger partial charge in [0.25, 0.3) is 0 Å². The normalized spacial score (nSPS) is 22.5. The first-order valence-electron chi connectivity index (χ1n) is 12.5. The average Bonchev–Trinajstić information content (AvgIpc) is 3.45. The largest absolute Gasteiger partial charge is 1.00 e. The number of aromatic nitrogens is 1.